The predicted octanol–water partition coefficient (Wildman–Crippen LogP) is 4.37. The summed E-state index contributed by atoms with van der Waals surface area (Å²) in [4.78, 5) is 2.45. The van der Waals surface area contributed by atoms with Gasteiger partial charge in [-0.05, 0) is 44.9 Å². The standard InChI is InChI=1S/C18H20N2O2/c1-12-10-15(19-22-12)16-7-5-9-20(16)11-18-13(2)14-6-3-4-8-17(14)21-18/h3-4,6,8,10,16H,5,7,9,11H2,1-2H3. The molecule has 0 spiro atoms. The van der Waals surface area contributed by atoms with Crippen molar-refractivity contribution in [1.29, 1.82) is 0 Å². The third-order valence-corrected chi connectivity index (χ3v) is 4.64. The van der Waals surface area contributed by atoms with Crippen molar-refractivity contribution in [2.45, 2.75) is 39.3 Å². The Morgan fingerprint density at radius 2 is 2.14 bits per heavy atom. The van der Waals surface area contributed by atoms with E-state index in [1.54, 1.807) is 0 Å². The van der Waals surface area contributed by atoms with Crippen molar-refractivity contribution in [1.82, 2.24) is 10.1 Å². The molecule has 2 aromatic heterocycles. The SMILES string of the molecule is Cc1cc(C2CCCN2Cc2oc3ccccc3c2C)no1. The van der Waals surface area contributed by atoms with E-state index in [4.69, 9.17) is 8.94 Å². The Hall–Kier alpha value is -2.07. The summed E-state index contributed by atoms with van der Waals surface area (Å²) >= 11 is 0. The number of nitrogens with zero attached hydrogens (tertiary/aromatic N) is 2. The molecule has 1 unspecified atom stereocenters. The fourth-order valence-electron chi connectivity index (χ4n) is 3.45. The predicted molar refractivity (Wildman–Crippen MR) is 84.6 cm³/mol. The van der Waals surface area contributed by atoms with Crippen LogP contribution in [0.1, 0.15) is 41.7 Å². The largest absolute Gasteiger partial charge is 0.459 e. The maximum absolute atomic E-state index is 6.06. The fraction of sp³-hybridized carbons (Fsp3) is 0.389. The molecule has 1 saturated heterocycles. The van der Waals surface area contributed by atoms with Crippen molar-refractivity contribution in [3.8, 4) is 0 Å². The summed E-state index contributed by atoms with van der Waals surface area (Å²) in [7, 11) is 0. The summed E-state index contributed by atoms with van der Waals surface area (Å²) in [5.41, 5.74) is 3.27. The van der Waals surface area contributed by atoms with Gasteiger partial charge >= 0.3 is 0 Å². The molecule has 1 aliphatic rings. The molecular weight excluding hydrogens is 276 g/mol. The maximum Gasteiger partial charge on any atom is 0.134 e. The number of aromatic nitrogens is 1. The van der Waals surface area contributed by atoms with Crippen molar-refractivity contribution < 1.29 is 8.94 Å². The number of hydrogen-bond acceptors (Lipinski definition) is 4. The second-order valence-corrected chi connectivity index (χ2v) is 6.14. The minimum Gasteiger partial charge on any atom is -0.459 e. The van der Waals surface area contributed by atoms with Crippen LogP contribution in [0.5, 0.6) is 0 Å². The second kappa shape index (κ2) is 5.29. The molecule has 1 aromatic carbocycles. The van der Waals surface area contributed by atoms with Crippen LogP contribution in [0.25, 0.3) is 11.0 Å². The molecule has 1 fully saturated rings. The van der Waals surface area contributed by atoms with Crippen LogP contribution in [0.4, 0.5) is 0 Å². The van der Waals surface area contributed by atoms with Crippen molar-refractivity contribution in [3.63, 3.8) is 0 Å². The van der Waals surface area contributed by atoms with E-state index in [1.807, 2.05) is 19.1 Å². The molecule has 4 rings (SSSR count). The Labute approximate surface area is 129 Å². The lowest BCUT2D eigenvalue weighted by Crippen LogP contribution is -2.23. The zero-order chi connectivity index (χ0) is 15.1. The number of para-hydroxylation sites is 1. The summed E-state index contributed by atoms with van der Waals surface area (Å²) in [6.07, 6.45) is 2.32. The lowest BCUT2D eigenvalue weighted by Gasteiger charge is -2.21. The monoisotopic (exact) mass is 296 g/mol. The van der Waals surface area contributed by atoms with E-state index in [9.17, 15) is 0 Å². The summed E-state index contributed by atoms with van der Waals surface area (Å²) in [6, 6.07) is 10.6. The minimum atomic E-state index is 0.338. The zero-order valence-electron chi connectivity index (χ0n) is 13.0. The number of benzene rings is 1. The smallest absolute Gasteiger partial charge is 0.134 e. The molecule has 1 atom stereocenters. The number of furan rings is 1. The number of hydrogen-bond donors (Lipinski definition) is 0. The molecule has 1 aliphatic heterocycles. The highest BCUT2D eigenvalue weighted by molar-refractivity contribution is 5.81. The van der Waals surface area contributed by atoms with E-state index in [-0.39, 0.29) is 0 Å². The average Bonchev–Trinajstić information content (AvgIpc) is 3.21. The number of likely N-dealkylation sites (tertiary alicyclic amines) is 1. The first kappa shape index (κ1) is 13.6. The van der Waals surface area contributed by atoms with Crippen LogP contribution in [0.3, 0.4) is 0 Å². The van der Waals surface area contributed by atoms with Gasteiger partial charge in [-0.25, -0.2) is 0 Å². The van der Waals surface area contributed by atoms with Gasteiger partial charge in [0.05, 0.1) is 12.6 Å². The van der Waals surface area contributed by atoms with Gasteiger partial charge < -0.3 is 8.94 Å². The summed E-state index contributed by atoms with van der Waals surface area (Å²) in [5, 5.41) is 5.42. The van der Waals surface area contributed by atoms with E-state index >= 15 is 0 Å². The van der Waals surface area contributed by atoms with E-state index in [0.717, 1.165) is 42.3 Å². The Morgan fingerprint density at radius 1 is 1.27 bits per heavy atom. The molecule has 114 valence electrons. The van der Waals surface area contributed by atoms with Crippen LogP contribution in [0.2, 0.25) is 0 Å². The van der Waals surface area contributed by atoms with Gasteiger partial charge in [0, 0.05) is 11.5 Å². The van der Waals surface area contributed by atoms with Crippen molar-refractivity contribution >= 4 is 11.0 Å². The average molecular weight is 296 g/mol. The van der Waals surface area contributed by atoms with Crippen molar-refractivity contribution in [2.24, 2.45) is 0 Å². The van der Waals surface area contributed by atoms with E-state index in [2.05, 4.69) is 35.2 Å². The van der Waals surface area contributed by atoms with Gasteiger partial charge in [-0.1, -0.05) is 23.4 Å². The van der Waals surface area contributed by atoms with Crippen LogP contribution in [-0.4, -0.2) is 16.6 Å². The second-order valence-electron chi connectivity index (χ2n) is 6.14. The van der Waals surface area contributed by atoms with Crippen LogP contribution in [0, 0.1) is 13.8 Å². The van der Waals surface area contributed by atoms with Gasteiger partial charge in [-0.15, -0.1) is 0 Å². The van der Waals surface area contributed by atoms with Gasteiger partial charge in [0.25, 0.3) is 0 Å². The quantitative estimate of drug-likeness (QED) is 0.719. The summed E-state index contributed by atoms with van der Waals surface area (Å²) in [5.74, 6) is 1.94. The Balaban J connectivity index is 1.62. The highest BCUT2D eigenvalue weighted by Gasteiger charge is 2.29. The minimum absolute atomic E-state index is 0.338. The molecule has 4 nitrogen and oxygen atoms in total. The Kier molecular flexibility index (Phi) is 3.26. The number of rotatable bonds is 3. The van der Waals surface area contributed by atoms with Crippen LogP contribution in [-0.2, 0) is 6.54 Å². The third kappa shape index (κ3) is 2.24. The third-order valence-electron chi connectivity index (χ3n) is 4.64. The molecule has 0 saturated carbocycles. The molecule has 0 amide bonds. The summed E-state index contributed by atoms with van der Waals surface area (Å²) < 4.78 is 11.3. The first-order valence-corrected chi connectivity index (χ1v) is 7.86. The Bertz CT molecular complexity index is 802. The molecular formula is C18H20N2O2. The normalized spacial score (nSPS) is 19.3. The highest BCUT2D eigenvalue weighted by Crippen LogP contribution is 2.34. The van der Waals surface area contributed by atoms with E-state index in [1.165, 1.54) is 17.4 Å². The van der Waals surface area contributed by atoms with Crippen molar-refractivity contribution in [2.75, 3.05) is 6.54 Å². The fourth-order valence-corrected chi connectivity index (χ4v) is 3.45. The topological polar surface area (TPSA) is 42.4 Å². The first-order valence-electron chi connectivity index (χ1n) is 7.86. The number of aryl methyl sites for hydroxylation is 2. The summed E-state index contributed by atoms with van der Waals surface area (Å²) in [6.45, 7) is 6.00. The van der Waals surface area contributed by atoms with Crippen LogP contribution < -0.4 is 0 Å². The molecule has 3 heterocycles. The molecule has 4 heteroatoms. The molecule has 0 N–H and O–H groups in total. The maximum atomic E-state index is 6.06. The van der Waals surface area contributed by atoms with Gasteiger partial charge in [0.1, 0.15) is 22.8 Å². The van der Waals surface area contributed by atoms with Crippen LogP contribution in [0.15, 0.2) is 39.3 Å². The molecule has 0 aliphatic carbocycles. The lowest BCUT2D eigenvalue weighted by molar-refractivity contribution is 0.220. The van der Waals surface area contributed by atoms with Crippen LogP contribution >= 0.6 is 0 Å². The lowest BCUT2D eigenvalue weighted by atomic mass is 10.1. The van der Waals surface area contributed by atoms with Gasteiger partial charge in [-0.2, -0.15) is 0 Å². The molecule has 3 aromatic rings. The molecule has 0 radical (unpaired) electrons. The van der Waals surface area contributed by atoms with E-state index < -0.39 is 0 Å². The van der Waals surface area contributed by atoms with Gasteiger partial charge in [0.2, 0.25) is 0 Å². The Morgan fingerprint density at radius 3 is 2.91 bits per heavy atom. The zero-order valence-corrected chi connectivity index (χ0v) is 13.0. The number of fused-ring (bicyclic) bond motifs is 1. The first-order chi connectivity index (χ1) is 10.7. The molecule has 0 bridgehead atoms. The van der Waals surface area contributed by atoms with Crippen molar-refractivity contribution in [3.05, 3.63) is 53.1 Å². The highest BCUT2D eigenvalue weighted by atomic mass is 16.5. The van der Waals surface area contributed by atoms with E-state index in [0.29, 0.717) is 6.04 Å². The molecule has 22 heavy (non-hydrogen) atoms. The van der Waals surface area contributed by atoms with Gasteiger partial charge in [0.15, 0.2) is 0 Å². The van der Waals surface area contributed by atoms with Gasteiger partial charge in [-0.3, -0.25) is 4.90 Å².